The van der Waals surface area contributed by atoms with Gasteiger partial charge in [-0.25, -0.2) is 23.8 Å². The number of hydrogen-bond donors (Lipinski definition) is 0. The zero-order chi connectivity index (χ0) is 8.36. The van der Waals surface area contributed by atoms with Crippen LogP contribution >= 0.6 is 11.6 Å². The van der Waals surface area contributed by atoms with Crippen molar-refractivity contribution in [2.24, 2.45) is 0 Å². The van der Waals surface area contributed by atoms with Crippen LogP contribution in [0.25, 0.3) is 0 Å². The van der Waals surface area contributed by atoms with Gasteiger partial charge in [-0.15, -0.1) is 0 Å². The second-order valence-corrected chi connectivity index (χ2v) is 2.77. The molecule has 0 aliphatic heterocycles. The maximum atomic E-state index is 5.21. The van der Waals surface area contributed by atoms with Gasteiger partial charge in [0, 0.05) is 0 Å². The Morgan fingerprint density at radius 3 is 2.58 bits per heavy atom. The summed E-state index contributed by atoms with van der Waals surface area (Å²) in [7, 11) is 0. The van der Waals surface area contributed by atoms with Crippen molar-refractivity contribution in [2.75, 3.05) is 0 Å². The SMILES string of the molecule is CCCCCC/C=C/C=[C-]Cl.[Li+]. The standard InChI is InChI=1S/C10H16Cl.Li/c1-2-3-4-5-6-7-8-9-10-11;/h7-9H,2-6H2,1H3;/q-1;+1/b8-7+;. The molecule has 0 aliphatic carbocycles. The molecule has 0 atom stereocenters. The van der Waals surface area contributed by atoms with Crippen LogP contribution in [0.5, 0.6) is 0 Å². The molecule has 0 aromatic carbocycles. The van der Waals surface area contributed by atoms with Crippen molar-refractivity contribution in [1.29, 1.82) is 0 Å². The smallest absolute Gasteiger partial charge is 0.224 e. The Bertz CT molecular complexity index is 119. The van der Waals surface area contributed by atoms with Crippen LogP contribution in [-0.4, -0.2) is 0 Å². The molecule has 2 heteroatoms. The molecule has 0 saturated carbocycles. The van der Waals surface area contributed by atoms with Crippen molar-refractivity contribution in [3.05, 3.63) is 23.8 Å². The molecule has 0 nitrogen and oxygen atoms in total. The van der Waals surface area contributed by atoms with Crippen LogP contribution in [0.3, 0.4) is 0 Å². The first kappa shape index (κ1) is 14.9. The summed E-state index contributed by atoms with van der Waals surface area (Å²) >= 11 is 5.21. The van der Waals surface area contributed by atoms with Crippen LogP contribution in [0.4, 0.5) is 0 Å². The number of allylic oxidation sites excluding steroid dienone is 3. The van der Waals surface area contributed by atoms with Crippen LogP contribution in [-0.2, 0) is 0 Å². The van der Waals surface area contributed by atoms with E-state index in [1.807, 2.05) is 6.08 Å². The van der Waals surface area contributed by atoms with Gasteiger partial charge in [0.2, 0.25) is 0 Å². The summed E-state index contributed by atoms with van der Waals surface area (Å²) in [5.74, 6) is 0. The van der Waals surface area contributed by atoms with Crippen molar-refractivity contribution in [1.82, 2.24) is 0 Å². The number of hydrogen-bond acceptors (Lipinski definition) is 0. The maximum absolute atomic E-state index is 5.21. The second kappa shape index (κ2) is 13.9. The molecule has 0 aromatic rings. The maximum Gasteiger partial charge on any atom is 1.00 e. The molecule has 64 valence electrons. The zero-order valence-electron chi connectivity index (χ0n) is 8.15. The zero-order valence-corrected chi connectivity index (χ0v) is 8.90. The summed E-state index contributed by atoms with van der Waals surface area (Å²) in [4.78, 5) is 0. The van der Waals surface area contributed by atoms with Gasteiger partial charge < -0.3 is 0 Å². The molecule has 0 rings (SSSR count). The monoisotopic (exact) mass is 178 g/mol. The molecular weight excluding hydrogens is 163 g/mol. The fourth-order valence-corrected chi connectivity index (χ4v) is 0.962. The first-order valence-corrected chi connectivity index (χ1v) is 4.64. The summed E-state index contributed by atoms with van der Waals surface area (Å²) in [5, 5.41) is 0. The third-order valence-electron chi connectivity index (χ3n) is 1.52. The van der Waals surface area contributed by atoms with Gasteiger partial charge in [0.05, 0.1) is 0 Å². The summed E-state index contributed by atoms with van der Waals surface area (Å²) in [6.45, 7) is 2.22. The summed E-state index contributed by atoms with van der Waals surface area (Å²) in [6.07, 6.45) is 12.3. The van der Waals surface area contributed by atoms with Crippen LogP contribution in [0.2, 0.25) is 0 Å². The molecule has 0 fully saturated rings. The molecule has 12 heavy (non-hydrogen) atoms. The Kier molecular flexibility index (Phi) is 17.3. The van der Waals surface area contributed by atoms with Gasteiger partial charge in [-0.3, -0.25) is 0 Å². The number of unbranched alkanes of at least 4 members (excludes halogenated alkanes) is 4. The molecule has 0 amide bonds. The first-order chi connectivity index (χ1) is 5.41. The predicted octanol–water partition coefficient (Wildman–Crippen LogP) is 1.07. The van der Waals surface area contributed by atoms with E-state index in [2.05, 4.69) is 18.5 Å². The van der Waals surface area contributed by atoms with Crippen LogP contribution in [0.1, 0.15) is 39.0 Å². The van der Waals surface area contributed by atoms with Gasteiger partial charge >= 0.3 is 18.9 Å². The molecule has 0 heterocycles. The number of rotatable bonds is 6. The molecule has 0 aliphatic rings. The first-order valence-electron chi connectivity index (χ1n) is 4.26. The third kappa shape index (κ3) is 13.0. The molecule has 0 radical (unpaired) electrons. The normalized spacial score (nSPS) is 10.8. The van der Waals surface area contributed by atoms with E-state index in [4.69, 9.17) is 11.6 Å². The largest absolute Gasteiger partial charge is 1.00 e. The van der Waals surface area contributed by atoms with Crippen molar-refractivity contribution < 1.29 is 18.9 Å². The minimum atomic E-state index is 0. The van der Waals surface area contributed by atoms with E-state index in [0.717, 1.165) is 6.42 Å². The molecule has 0 saturated heterocycles. The Morgan fingerprint density at radius 2 is 2.00 bits per heavy atom. The average molecular weight is 179 g/mol. The van der Waals surface area contributed by atoms with Gasteiger partial charge in [0.15, 0.2) is 0 Å². The van der Waals surface area contributed by atoms with E-state index in [1.165, 1.54) is 25.7 Å². The predicted molar refractivity (Wildman–Crippen MR) is 51.6 cm³/mol. The molecule has 0 aromatic heterocycles. The molecular formula is C10H16ClLi. The third-order valence-corrected chi connectivity index (χ3v) is 1.65. The topological polar surface area (TPSA) is 0 Å². The van der Waals surface area contributed by atoms with Gasteiger partial charge in [-0.05, 0) is 0 Å². The van der Waals surface area contributed by atoms with E-state index in [0.29, 0.717) is 0 Å². The average Bonchev–Trinajstić information content (AvgIpc) is 2.03. The van der Waals surface area contributed by atoms with E-state index >= 15 is 0 Å². The van der Waals surface area contributed by atoms with Crippen molar-refractivity contribution in [2.45, 2.75) is 39.0 Å². The Morgan fingerprint density at radius 1 is 1.25 bits per heavy atom. The van der Waals surface area contributed by atoms with E-state index in [1.54, 1.807) is 6.08 Å². The van der Waals surface area contributed by atoms with E-state index in [-0.39, 0.29) is 18.9 Å². The summed E-state index contributed by atoms with van der Waals surface area (Å²) < 4.78 is 0. The summed E-state index contributed by atoms with van der Waals surface area (Å²) in [5.41, 5.74) is 2.43. The van der Waals surface area contributed by atoms with Gasteiger partial charge in [-0.2, -0.15) is 11.6 Å². The number of halogens is 1. The fraction of sp³-hybridized carbons (Fsp3) is 0.600. The van der Waals surface area contributed by atoms with Gasteiger partial charge in [-0.1, -0.05) is 39.0 Å². The van der Waals surface area contributed by atoms with E-state index in [9.17, 15) is 0 Å². The van der Waals surface area contributed by atoms with E-state index < -0.39 is 0 Å². The van der Waals surface area contributed by atoms with Crippen molar-refractivity contribution in [3.63, 3.8) is 0 Å². The molecule has 0 spiro atoms. The Hall–Kier alpha value is 0.367. The summed E-state index contributed by atoms with van der Waals surface area (Å²) in [6, 6.07) is 0. The molecule has 0 unspecified atom stereocenters. The molecule has 0 N–H and O–H groups in total. The van der Waals surface area contributed by atoms with Crippen molar-refractivity contribution in [3.8, 4) is 0 Å². The fourth-order valence-electron chi connectivity index (χ4n) is 0.890. The van der Waals surface area contributed by atoms with Crippen LogP contribution in [0, 0.1) is 5.54 Å². The van der Waals surface area contributed by atoms with Crippen LogP contribution in [0.15, 0.2) is 18.2 Å². The second-order valence-electron chi connectivity index (χ2n) is 2.55. The van der Waals surface area contributed by atoms with Crippen LogP contribution < -0.4 is 18.9 Å². The van der Waals surface area contributed by atoms with Crippen molar-refractivity contribution >= 4 is 11.6 Å². The Labute approximate surface area is 93.2 Å². The quantitative estimate of drug-likeness (QED) is 0.247. The van der Waals surface area contributed by atoms with Gasteiger partial charge in [0.25, 0.3) is 0 Å². The van der Waals surface area contributed by atoms with Gasteiger partial charge in [0.1, 0.15) is 0 Å². The molecule has 0 bridgehead atoms. The minimum absolute atomic E-state index is 0. The Balaban J connectivity index is 0. The minimum Gasteiger partial charge on any atom is -0.224 e.